The van der Waals surface area contributed by atoms with Gasteiger partial charge in [-0.25, -0.2) is 0 Å². The summed E-state index contributed by atoms with van der Waals surface area (Å²) in [4.78, 5) is 2.48. The van der Waals surface area contributed by atoms with Crippen molar-refractivity contribution < 1.29 is 0 Å². The average Bonchev–Trinajstić information content (AvgIpc) is 2.32. The maximum atomic E-state index is 5.76. The Morgan fingerprint density at radius 3 is 2.44 bits per heavy atom. The van der Waals surface area contributed by atoms with Gasteiger partial charge in [0.25, 0.3) is 0 Å². The van der Waals surface area contributed by atoms with Crippen molar-refractivity contribution in [3.05, 3.63) is 0 Å². The number of hydrogen-bond donors (Lipinski definition) is 1. The Bertz CT molecular complexity index is 112. The predicted octanol–water partition coefficient (Wildman–Crippen LogP) is -0.105. The van der Waals surface area contributed by atoms with Crippen LogP contribution in [0.3, 0.4) is 0 Å². The second-order valence-electron chi connectivity index (χ2n) is 3.26. The summed E-state index contributed by atoms with van der Waals surface area (Å²) in [5.41, 5.74) is 5.76. The lowest BCUT2D eigenvalue weighted by Crippen LogP contribution is -2.27. The van der Waals surface area contributed by atoms with Crippen molar-refractivity contribution in [2.75, 3.05) is 19.6 Å². The van der Waals surface area contributed by atoms with E-state index in [0.29, 0.717) is 6.04 Å². The Hall–Kier alpha value is -0.0800. The number of fused-ring (bicyclic) bond motifs is 1. The number of nitrogens with zero attached hydrogens (tertiary/aromatic N) is 1. The van der Waals surface area contributed by atoms with Crippen LogP contribution in [0.1, 0.15) is 6.92 Å². The van der Waals surface area contributed by atoms with Crippen molar-refractivity contribution >= 4 is 0 Å². The van der Waals surface area contributed by atoms with E-state index < -0.39 is 0 Å². The predicted molar refractivity (Wildman–Crippen MR) is 37.1 cm³/mol. The van der Waals surface area contributed by atoms with Crippen molar-refractivity contribution in [1.82, 2.24) is 4.90 Å². The molecule has 0 radical (unpaired) electrons. The number of likely N-dealkylation sites (tertiary alicyclic amines) is 1. The Morgan fingerprint density at radius 1 is 1.44 bits per heavy atom. The van der Waals surface area contributed by atoms with Gasteiger partial charge in [-0.1, -0.05) is 6.92 Å². The highest BCUT2D eigenvalue weighted by Crippen LogP contribution is 2.43. The lowest BCUT2D eigenvalue weighted by molar-refractivity contribution is 0.314. The second kappa shape index (κ2) is 1.70. The molecule has 2 nitrogen and oxygen atoms in total. The monoisotopic (exact) mass is 126 g/mol. The van der Waals surface area contributed by atoms with Crippen LogP contribution >= 0.6 is 0 Å². The maximum Gasteiger partial charge on any atom is 0.0127 e. The van der Waals surface area contributed by atoms with E-state index in [0.717, 1.165) is 11.8 Å². The summed E-state index contributed by atoms with van der Waals surface area (Å²) in [7, 11) is 0. The molecule has 1 saturated carbocycles. The minimum Gasteiger partial charge on any atom is -0.327 e. The van der Waals surface area contributed by atoms with Crippen LogP contribution in [0.2, 0.25) is 0 Å². The lowest BCUT2D eigenvalue weighted by Gasteiger charge is -2.14. The van der Waals surface area contributed by atoms with Crippen LogP contribution in [-0.2, 0) is 0 Å². The van der Waals surface area contributed by atoms with Gasteiger partial charge in [0, 0.05) is 19.1 Å². The van der Waals surface area contributed by atoms with Crippen molar-refractivity contribution in [2.24, 2.45) is 17.6 Å². The molecule has 1 heterocycles. The highest BCUT2D eigenvalue weighted by atomic mass is 15.2. The summed E-state index contributed by atoms with van der Waals surface area (Å²) in [6.07, 6.45) is 0. The summed E-state index contributed by atoms with van der Waals surface area (Å²) in [6, 6.07) is 0.563. The molecule has 0 aromatic heterocycles. The fourth-order valence-corrected chi connectivity index (χ4v) is 1.92. The van der Waals surface area contributed by atoms with Crippen LogP contribution in [0.5, 0.6) is 0 Å². The highest BCUT2D eigenvalue weighted by Gasteiger charge is 2.52. The third kappa shape index (κ3) is 0.700. The number of hydrogen-bond acceptors (Lipinski definition) is 2. The first-order chi connectivity index (χ1) is 4.33. The van der Waals surface area contributed by atoms with E-state index in [1.807, 2.05) is 0 Å². The smallest absolute Gasteiger partial charge is 0.0127 e. The molecule has 0 aromatic rings. The zero-order valence-corrected chi connectivity index (χ0v) is 5.88. The van der Waals surface area contributed by atoms with Gasteiger partial charge in [0.05, 0.1) is 0 Å². The molecule has 2 fully saturated rings. The molecular formula is C7H14N2. The largest absolute Gasteiger partial charge is 0.327 e. The van der Waals surface area contributed by atoms with Gasteiger partial charge in [-0.2, -0.15) is 0 Å². The van der Waals surface area contributed by atoms with E-state index in [2.05, 4.69) is 11.8 Å². The molecule has 2 rings (SSSR count). The molecule has 0 unspecified atom stereocenters. The Morgan fingerprint density at radius 2 is 2.00 bits per heavy atom. The van der Waals surface area contributed by atoms with Crippen molar-refractivity contribution in [1.29, 1.82) is 0 Å². The molecule has 0 aromatic carbocycles. The molecule has 2 N–H and O–H groups in total. The third-order valence-electron chi connectivity index (χ3n) is 2.78. The Labute approximate surface area is 56.0 Å². The molecule has 1 aliphatic heterocycles. The first-order valence-corrected chi connectivity index (χ1v) is 3.81. The average molecular weight is 126 g/mol. The molecule has 0 spiro atoms. The van der Waals surface area contributed by atoms with Gasteiger partial charge < -0.3 is 10.6 Å². The zero-order valence-electron chi connectivity index (χ0n) is 5.88. The molecule has 2 atom stereocenters. The number of rotatable bonds is 1. The topological polar surface area (TPSA) is 29.3 Å². The summed E-state index contributed by atoms with van der Waals surface area (Å²) >= 11 is 0. The van der Waals surface area contributed by atoms with E-state index in [1.54, 1.807) is 0 Å². The van der Waals surface area contributed by atoms with Crippen LogP contribution in [0, 0.1) is 11.8 Å². The first-order valence-electron chi connectivity index (χ1n) is 3.81. The molecule has 0 amide bonds. The lowest BCUT2D eigenvalue weighted by atomic mass is 10.4. The summed E-state index contributed by atoms with van der Waals surface area (Å²) in [6.45, 7) is 5.96. The molecule has 1 saturated heterocycles. The molecule has 0 bridgehead atoms. The van der Waals surface area contributed by atoms with Gasteiger partial charge in [0.2, 0.25) is 0 Å². The fraction of sp³-hybridized carbons (Fsp3) is 1.00. The van der Waals surface area contributed by atoms with Crippen LogP contribution in [0.25, 0.3) is 0 Å². The SMILES string of the molecule is CCN1C[C@@H]2C(N)[C@H]2C1. The van der Waals surface area contributed by atoms with E-state index >= 15 is 0 Å². The van der Waals surface area contributed by atoms with Gasteiger partial charge in [-0.3, -0.25) is 0 Å². The highest BCUT2D eigenvalue weighted by molar-refractivity contribution is 5.08. The molecule has 2 heteroatoms. The third-order valence-corrected chi connectivity index (χ3v) is 2.78. The minimum atomic E-state index is 0.563. The molecule has 52 valence electrons. The quantitative estimate of drug-likeness (QED) is 0.531. The zero-order chi connectivity index (χ0) is 6.43. The van der Waals surface area contributed by atoms with E-state index in [1.165, 1.54) is 19.6 Å². The Balaban J connectivity index is 1.89. The molecule has 1 aliphatic carbocycles. The number of piperidine rings is 1. The normalized spacial score (nSPS) is 49.3. The fourth-order valence-electron chi connectivity index (χ4n) is 1.92. The molecule has 9 heavy (non-hydrogen) atoms. The maximum absolute atomic E-state index is 5.76. The van der Waals surface area contributed by atoms with E-state index in [4.69, 9.17) is 5.73 Å². The van der Waals surface area contributed by atoms with E-state index in [9.17, 15) is 0 Å². The van der Waals surface area contributed by atoms with Gasteiger partial charge >= 0.3 is 0 Å². The Kier molecular flexibility index (Phi) is 1.08. The second-order valence-corrected chi connectivity index (χ2v) is 3.26. The van der Waals surface area contributed by atoms with Crippen molar-refractivity contribution in [2.45, 2.75) is 13.0 Å². The summed E-state index contributed by atoms with van der Waals surface area (Å²) < 4.78 is 0. The molecular weight excluding hydrogens is 112 g/mol. The van der Waals surface area contributed by atoms with Crippen LogP contribution < -0.4 is 5.73 Å². The minimum absolute atomic E-state index is 0.563. The standard InChI is InChI=1S/C7H14N2/c1-2-9-3-5-6(4-9)7(5)8/h5-7H,2-4,8H2,1H3/t5-,6-/m0/s1. The number of nitrogens with two attached hydrogens (primary N) is 1. The molecule has 2 aliphatic rings. The summed E-state index contributed by atoms with van der Waals surface area (Å²) in [5.74, 6) is 1.73. The van der Waals surface area contributed by atoms with Crippen molar-refractivity contribution in [3.8, 4) is 0 Å². The summed E-state index contributed by atoms with van der Waals surface area (Å²) in [5, 5.41) is 0. The van der Waals surface area contributed by atoms with Gasteiger partial charge in [-0.05, 0) is 18.4 Å². The van der Waals surface area contributed by atoms with E-state index in [-0.39, 0.29) is 0 Å². The first kappa shape index (κ1) is 5.69. The van der Waals surface area contributed by atoms with Gasteiger partial charge in [0.1, 0.15) is 0 Å². The van der Waals surface area contributed by atoms with Gasteiger partial charge in [0.15, 0.2) is 0 Å². The van der Waals surface area contributed by atoms with Gasteiger partial charge in [-0.15, -0.1) is 0 Å². The van der Waals surface area contributed by atoms with Crippen LogP contribution in [0.4, 0.5) is 0 Å². The van der Waals surface area contributed by atoms with Crippen LogP contribution in [0.15, 0.2) is 0 Å². The van der Waals surface area contributed by atoms with Crippen LogP contribution in [-0.4, -0.2) is 30.6 Å². The van der Waals surface area contributed by atoms with Crippen molar-refractivity contribution in [3.63, 3.8) is 0 Å².